The summed E-state index contributed by atoms with van der Waals surface area (Å²) in [6.07, 6.45) is 7.50. The fourth-order valence-corrected chi connectivity index (χ4v) is 4.70. The average molecular weight is 224 g/mol. The maximum Gasteiger partial charge on any atom is -0.0264 e. The molecule has 0 N–H and O–H groups in total. The third kappa shape index (κ3) is 2.31. The minimum atomic E-state index is 0.700. The molecule has 0 spiro atoms. The van der Waals surface area contributed by atoms with Gasteiger partial charge in [-0.3, -0.25) is 0 Å². The second kappa shape index (κ2) is 5.56. The normalized spacial score (nSPS) is 42.6. The Morgan fingerprint density at radius 3 is 2.25 bits per heavy atom. The number of rotatable bonds is 1. The SMILES string of the molecule is CC.CC(C)C1CCC2C(C)CCCC12C. The largest absolute Gasteiger partial charge is 0.0683 e. The molecule has 4 unspecified atom stereocenters. The molecule has 4 atom stereocenters. The molecule has 0 saturated heterocycles. The van der Waals surface area contributed by atoms with Gasteiger partial charge in [0, 0.05) is 0 Å². The maximum atomic E-state index is 2.59. The van der Waals surface area contributed by atoms with Gasteiger partial charge in [0.1, 0.15) is 0 Å². The van der Waals surface area contributed by atoms with Crippen LogP contribution in [0.5, 0.6) is 0 Å². The van der Waals surface area contributed by atoms with E-state index in [0.29, 0.717) is 5.41 Å². The van der Waals surface area contributed by atoms with E-state index in [-0.39, 0.29) is 0 Å². The predicted molar refractivity (Wildman–Crippen MR) is 73.5 cm³/mol. The molecule has 2 aliphatic rings. The van der Waals surface area contributed by atoms with Crippen LogP contribution in [0.25, 0.3) is 0 Å². The Kier molecular flexibility index (Phi) is 4.88. The lowest BCUT2D eigenvalue weighted by Gasteiger charge is -2.45. The molecule has 2 aliphatic carbocycles. The molecule has 2 fully saturated rings. The van der Waals surface area contributed by atoms with Crippen molar-refractivity contribution >= 4 is 0 Å². The average Bonchev–Trinajstić information content (AvgIpc) is 2.59. The van der Waals surface area contributed by atoms with Crippen LogP contribution in [0.2, 0.25) is 0 Å². The third-order valence-electron chi connectivity index (χ3n) is 5.35. The zero-order chi connectivity index (χ0) is 12.3. The van der Waals surface area contributed by atoms with Gasteiger partial charge >= 0.3 is 0 Å². The van der Waals surface area contributed by atoms with E-state index in [1.165, 1.54) is 32.1 Å². The molecule has 16 heavy (non-hydrogen) atoms. The number of hydrogen-bond donors (Lipinski definition) is 0. The van der Waals surface area contributed by atoms with Crippen molar-refractivity contribution in [3.8, 4) is 0 Å². The highest BCUT2D eigenvalue weighted by Crippen LogP contribution is 2.59. The first-order valence-corrected chi connectivity index (χ1v) is 7.55. The van der Waals surface area contributed by atoms with Crippen LogP contribution in [0.15, 0.2) is 0 Å². The lowest BCUT2D eigenvalue weighted by molar-refractivity contribution is 0.0405. The molecule has 0 bridgehead atoms. The predicted octanol–water partition coefficient (Wildman–Crippen LogP) is 5.52. The molecule has 0 aromatic heterocycles. The van der Waals surface area contributed by atoms with Gasteiger partial charge in [-0.15, -0.1) is 0 Å². The van der Waals surface area contributed by atoms with E-state index in [2.05, 4.69) is 27.7 Å². The Bertz CT molecular complexity index is 198. The van der Waals surface area contributed by atoms with E-state index >= 15 is 0 Å². The first kappa shape index (κ1) is 14.1. The summed E-state index contributed by atoms with van der Waals surface area (Å²) in [6, 6.07) is 0. The van der Waals surface area contributed by atoms with Gasteiger partial charge in [-0.05, 0) is 48.3 Å². The van der Waals surface area contributed by atoms with Crippen molar-refractivity contribution in [1.29, 1.82) is 0 Å². The second-order valence-corrected chi connectivity index (χ2v) is 6.41. The van der Waals surface area contributed by atoms with Gasteiger partial charge in [0.05, 0.1) is 0 Å². The fourth-order valence-electron chi connectivity index (χ4n) is 4.70. The molecule has 0 radical (unpaired) electrons. The summed E-state index contributed by atoms with van der Waals surface area (Å²) in [5, 5.41) is 0. The van der Waals surface area contributed by atoms with E-state index in [1.807, 2.05) is 13.8 Å². The summed E-state index contributed by atoms with van der Waals surface area (Å²) in [5.41, 5.74) is 0.700. The quantitative estimate of drug-likeness (QED) is 0.550. The van der Waals surface area contributed by atoms with Crippen molar-refractivity contribution in [2.24, 2.45) is 29.1 Å². The summed E-state index contributed by atoms with van der Waals surface area (Å²) < 4.78 is 0. The second-order valence-electron chi connectivity index (χ2n) is 6.41. The molecule has 0 aromatic carbocycles. The molecule has 0 aromatic rings. The molecular weight excluding hydrogens is 192 g/mol. The Morgan fingerprint density at radius 2 is 1.69 bits per heavy atom. The molecule has 0 aliphatic heterocycles. The smallest absolute Gasteiger partial charge is 0.0264 e. The monoisotopic (exact) mass is 224 g/mol. The van der Waals surface area contributed by atoms with Gasteiger partial charge in [-0.2, -0.15) is 0 Å². The minimum Gasteiger partial charge on any atom is -0.0683 e. The summed E-state index contributed by atoms with van der Waals surface area (Å²) in [7, 11) is 0. The van der Waals surface area contributed by atoms with Crippen LogP contribution in [-0.2, 0) is 0 Å². The maximum absolute atomic E-state index is 2.59. The summed E-state index contributed by atoms with van der Waals surface area (Å²) in [5.74, 6) is 3.95. The zero-order valence-corrected chi connectivity index (χ0v) is 12.3. The van der Waals surface area contributed by atoms with E-state index < -0.39 is 0 Å². The molecule has 2 rings (SSSR count). The van der Waals surface area contributed by atoms with Gasteiger partial charge in [0.25, 0.3) is 0 Å². The molecule has 0 nitrogen and oxygen atoms in total. The van der Waals surface area contributed by atoms with Crippen LogP contribution in [0.1, 0.15) is 73.6 Å². The number of fused-ring (bicyclic) bond motifs is 1. The highest BCUT2D eigenvalue weighted by Gasteiger charge is 2.50. The molecule has 96 valence electrons. The van der Waals surface area contributed by atoms with Crippen LogP contribution in [0.3, 0.4) is 0 Å². The summed E-state index contributed by atoms with van der Waals surface area (Å²) in [4.78, 5) is 0. The highest BCUT2D eigenvalue weighted by atomic mass is 14.5. The van der Waals surface area contributed by atoms with Gasteiger partial charge in [-0.1, -0.05) is 54.4 Å². The fraction of sp³-hybridized carbons (Fsp3) is 1.00. The van der Waals surface area contributed by atoms with Crippen molar-refractivity contribution in [3.63, 3.8) is 0 Å². The molecule has 0 amide bonds. The van der Waals surface area contributed by atoms with Crippen LogP contribution in [0.4, 0.5) is 0 Å². The first-order valence-electron chi connectivity index (χ1n) is 7.55. The van der Waals surface area contributed by atoms with Gasteiger partial charge in [0.15, 0.2) is 0 Å². The van der Waals surface area contributed by atoms with E-state index in [9.17, 15) is 0 Å². The topological polar surface area (TPSA) is 0 Å². The van der Waals surface area contributed by atoms with E-state index in [1.54, 1.807) is 0 Å². The van der Waals surface area contributed by atoms with E-state index in [0.717, 1.165) is 23.7 Å². The highest BCUT2D eigenvalue weighted by molar-refractivity contribution is 4.99. The van der Waals surface area contributed by atoms with Crippen molar-refractivity contribution in [2.45, 2.75) is 73.6 Å². The van der Waals surface area contributed by atoms with Crippen LogP contribution in [-0.4, -0.2) is 0 Å². The Labute approximate surface area is 103 Å². The minimum absolute atomic E-state index is 0.700. The number of hydrogen-bond acceptors (Lipinski definition) is 0. The standard InChI is InChI=1S/C14H26.C2H6/c1-10(2)12-7-8-13-11(3)6-5-9-14(12,13)4;1-2/h10-13H,5-9H2,1-4H3;1-2H3. The first-order chi connectivity index (χ1) is 7.55. The lowest BCUT2D eigenvalue weighted by atomic mass is 9.60. The molecular formula is C16H32. The molecule has 0 heteroatoms. The summed E-state index contributed by atoms with van der Waals surface area (Å²) >= 11 is 0. The van der Waals surface area contributed by atoms with Crippen LogP contribution >= 0.6 is 0 Å². The van der Waals surface area contributed by atoms with Crippen LogP contribution in [0, 0.1) is 29.1 Å². The molecule has 0 heterocycles. The Morgan fingerprint density at radius 1 is 1.06 bits per heavy atom. The van der Waals surface area contributed by atoms with Gasteiger partial charge in [-0.25, -0.2) is 0 Å². The lowest BCUT2D eigenvalue weighted by Crippen LogP contribution is -2.37. The Hall–Kier alpha value is 0. The Balaban J connectivity index is 0.000000606. The molecule has 2 saturated carbocycles. The van der Waals surface area contributed by atoms with Crippen LogP contribution < -0.4 is 0 Å². The summed E-state index contributed by atoms with van der Waals surface area (Å²) in [6.45, 7) is 13.9. The van der Waals surface area contributed by atoms with Crippen molar-refractivity contribution in [3.05, 3.63) is 0 Å². The van der Waals surface area contributed by atoms with Crippen molar-refractivity contribution in [1.82, 2.24) is 0 Å². The van der Waals surface area contributed by atoms with Gasteiger partial charge in [0.2, 0.25) is 0 Å². The van der Waals surface area contributed by atoms with Gasteiger partial charge < -0.3 is 0 Å². The zero-order valence-electron chi connectivity index (χ0n) is 12.3. The van der Waals surface area contributed by atoms with E-state index in [4.69, 9.17) is 0 Å². The van der Waals surface area contributed by atoms with Crippen molar-refractivity contribution < 1.29 is 0 Å². The third-order valence-corrected chi connectivity index (χ3v) is 5.35. The van der Waals surface area contributed by atoms with Crippen molar-refractivity contribution in [2.75, 3.05) is 0 Å².